The number of methoxy groups -OCH3 is 3. The van der Waals surface area contributed by atoms with Gasteiger partial charge in [0.25, 0.3) is 0 Å². The molecule has 2 fully saturated rings. The molecular formula is C43H52O5. The first kappa shape index (κ1) is 35.2. The number of aliphatic hydroxyl groups is 1. The topological polar surface area (TPSA) is 65.0 Å². The molecule has 2 aliphatic carbocycles. The van der Waals surface area contributed by atoms with Gasteiger partial charge in [-0.1, -0.05) is 99.9 Å². The van der Waals surface area contributed by atoms with E-state index in [4.69, 9.17) is 14.2 Å². The molecule has 4 aromatic carbocycles. The fourth-order valence-corrected chi connectivity index (χ4v) is 7.48. The number of aliphatic hydroxyl groups excluding tert-OH is 1. The van der Waals surface area contributed by atoms with Crippen LogP contribution in [0.4, 0.5) is 0 Å². The van der Waals surface area contributed by atoms with Crippen LogP contribution in [0.15, 0.2) is 84.9 Å². The normalized spacial score (nSPS) is 15.8. The first-order chi connectivity index (χ1) is 23.5. The van der Waals surface area contributed by atoms with E-state index in [2.05, 4.69) is 42.5 Å². The quantitative estimate of drug-likeness (QED) is 0.152. The molecule has 254 valence electrons. The zero-order valence-electron chi connectivity index (χ0n) is 29.0. The average molecular weight is 649 g/mol. The molecule has 0 heterocycles. The van der Waals surface area contributed by atoms with Crippen molar-refractivity contribution in [2.75, 3.05) is 21.3 Å². The smallest absolute Gasteiger partial charge is 0.337 e. The van der Waals surface area contributed by atoms with Gasteiger partial charge in [0.15, 0.2) is 0 Å². The Morgan fingerprint density at radius 3 is 1.54 bits per heavy atom. The average Bonchev–Trinajstić information content (AvgIpc) is 3.61. The Hall–Kier alpha value is -4.09. The molecule has 2 aliphatic rings. The van der Waals surface area contributed by atoms with E-state index in [0.29, 0.717) is 17.4 Å². The Morgan fingerprint density at radius 1 is 0.604 bits per heavy atom. The maximum Gasteiger partial charge on any atom is 0.337 e. The van der Waals surface area contributed by atoms with Crippen molar-refractivity contribution in [3.63, 3.8) is 0 Å². The highest BCUT2D eigenvalue weighted by atomic mass is 16.5. The first-order valence-electron chi connectivity index (χ1n) is 17.8. The van der Waals surface area contributed by atoms with Crippen molar-refractivity contribution in [1.82, 2.24) is 0 Å². The minimum atomic E-state index is -0.271. The van der Waals surface area contributed by atoms with E-state index >= 15 is 0 Å². The van der Waals surface area contributed by atoms with Crippen LogP contribution in [0.2, 0.25) is 0 Å². The highest BCUT2D eigenvalue weighted by Gasteiger charge is 2.21. The van der Waals surface area contributed by atoms with Crippen LogP contribution >= 0.6 is 0 Å². The third-order valence-corrected chi connectivity index (χ3v) is 10.1. The molecule has 0 saturated heterocycles. The van der Waals surface area contributed by atoms with Crippen molar-refractivity contribution >= 4 is 5.97 Å². The van der Waals surface area contributed by atoms with Gasteiger partial charge in [-0.15, -0.1) is 0 Å². The Labute approximate surface area is 287 Å². The molecule has 6 rings (SSSR count). The number of hydrogen-bond acceptors (Lipinski definition) is 5. The van der Waals surface area contributed by atoms with Crippen LogP contribution in [0.1, 0.15) is 116 Å². The molecule has 0 amide bonds. The van der Waals surface area contributed by atoms with Gasteiger partial charge in [-0.2, -0.15) is 0 Å². The van der Waals surface area contributed by atoms with Crippen LogP contribution in [0.5, 0.6) is 11.5 Å². The second-order valence-electron chi connectivity index (χ2n) is 13.2. The van der Waals surface area contributed by atoms with E-state index in [1.54, 1.807) is 14.2 Å². The Kier molecular flexibility index (Phi) is 13.1. The van der Waals surface area contributed by atoms with Crippen molar-refractivity contribution < 1.29 is 24.1 Å². The summed E-state index contributed by atoms with van der Waals surface area (Å²) in [5.41, 5.74) is 9.11. The number of benzene rings is 4. The highest BCUT2D eigenvalue weighted by Crippen LogP contribution is 2.40. The summed E-state index contributed by atoms with van der Waals surface area (Å²) in [5.74, 6) is 2.56. The van der Waals surface area contributed by atoms with E-state index in [9.17, 15) is 9.90 Å². The number of hydrogen-bond donors (Lipinski definition) is 1. The van der Waals surface area contributed by atoms with Crippen LogP contribution in [0.3, 0.4) is 0 Å². The highest BCUT2D eigenvalue weighted by molar-refractivity contribution is 5.90. The van der Waals surface area contributed by atoms with Gasteiger partial charge in [0.05, 0.1) is 33.5 Å². The lowest BCUT2D eigenvalue weighted by Crippen LogP contribution is -2.06. The molecule has 5 nitrogen and oxygen atoms in total. The van der Waals surface area contributed by atoms with Crippen molar-refractivity contribution in [2.24, 2.45) is 0 Å². The van der Waals surface area contributed by atoms with Gasteiger partial charge in [-0.05, 0) is 113 Å². The molecule has 0 radical (unpaired) electrons. The minimum absolute atomic E-state index is 0.109. The lowest BCUT2D eigenvalue weighted by Gasteiger charge is -2.20. The number of carbonyl (C=O) groups excluding carboxylic acids is 1. The van der Waals surface area contributed by atoms with E-state index in [1.807, 2.05) is 42.5 Å². The molecule has 1 N–H and O–H groups in total. The van der Waals surface area contributed by atoms with Gasteiger partial charge < -0.3 is 19.3 Å². The van der Waals surface area contributed by atoms with Crippen LogP contribution in [-0.4, -0.2) is 32.4 Å². The third-order valence-electron chi connectivity index (χ3n) is 10.1. The maximum atomic E-state index is 12.0. The van der Waals surface area contributed by atoms with E-state index in [0.717, 1.165) is 22.6 Å². The van der Waals surface area contributed by atoms with Crippen molar-refractivity contribution in [3.05, 3.63) is 107 Å². The number of carbonyl (C=O) groups is 1. The summed E-state index contributed by atoms with van der Waals surface area (Å²) in [7, 11) is 4.83. The fraction of sp³-hybridized carbons (Fsp3) is 0.419. The lowest BCUT2D eigenvalue weighted by atomic mass is 9.85. The molecule has 48 heavy (non-hydrogen) atoms. The molecule has 0 unspecified atom stereocenters. The lowest BCUT2D eigenvalue weighted by molar-refractivity contribution is 0.0600. The molecule has 0 atom stereocenters. The van der Waals surface area contributed by atoms with Crippen LogP contribution in [-0.2, 0) is 11.3 Å². The van der Waals surface area contributed by atoms with Crippen molar-refractivity contribution in [3.8, 4) is 33.8 Å². The zero-order chi connectivity index (χ0) is 33.7. The molecule has 2 saturated carbocycles. The second-order valence-corrected chi connectivity index (χ2v) is 13.2. The first-order valence-corrected chi connectivity index (χ1v) is 17.8. The number of esters is 1. The second kappa shape index (κ2) is 17.9. The molecule has 0 bridgehead atoms. The van der Waals surface area contributed by atoms with Gasteiger partial charge in [0, 0.05) is 0 Å². The number of ether oxygens (including phenoxy) is 3. The summed E-state index contributed by atoms with van der Waals surface area (Å²) in [6, 6.07) is 28.8. The predicted octanol–water partition coefficient (Wildman–Crippen LogP) is 10.9. The van der Waals surface area contributed by atoms with Gasteiger partial charge >= 0.3 is 5.97 Å². The summed E-state index contributed by atoms with van der Waals surface area (Å²) < 4.78 is 15.7. The maximum absolute atomic E-state index is 12.0. The fourth-order valence-electron chi connectivity index (χ4n) is 7.48. The summed E-state index contributed by atoms with van der Waals surface area (Å²) in [5, 5.41) is 9.54. The van der Waals surface area contributed by atoms with E-state index < -0.39 is 0 Å². The largest absolute Gasteiger partial charge is 0.497 e. The van der Waals surface area contributed by atoms with Gasteiger partial charge in [-0.25, -0.2) is 4.79 Å². The van der Waals surface area contributed by atoms with Crippen molar-refractivity contribution in [1.29, 1.82) is 0 Å². The van der Waals surface area contributed by atoms with Gasteiger partial charge in [0.1, 0.15) is 11.5 Å². The molecule has 0 aromatic heterocycles. The monoisotopic (exact) mass is 648 g/mol. The molecule has 0 spiro atoms. The minimum Gasteiger partial charge on any atom is -0.497 e. The Morgan fingerprint density at radius 2 is 1.08 bits per heavy atom. The summed E-state index contributed by atoms with van der Waals surface area (Å²) in [6.07, 6.45) is 15.3. The van der Waals surface area contributed by atoms with Crippen LogP contribution < -0.4 is 9.47 Å². The van der Waals surface area contributed by atoms with Crippen LogP contribution in [0.25, 0.3) is 22.3 Å². The summed E-state index contributed by atoms with van der Waals surface area (Å²) in [6.45, 7) is 0.109. The SMILES string of the molecule is COC(=O)c1ccc(-c2cccc(OC)c2)c(C2CCCCCC2)c1.COc1cccc(-c2ccc(CO)cc2C2CCCCCC2)c1. The van der Waals surface area contributed by atoms with Gasteiger partial charge in [-0.3, -0.25) is 0 Å². The Balaban J connectivity index is 0.000000188. The standard InChI is InChI=1S/C22H26O3.C21H26O2/c1-24-19-11-7-10-17(14-19)20-13-12-18(22(23)25-2)15-21(20)16-8-5-3-4-6-9-16;1-23-19-10-6-9-18(14-19)20-12-11-16(15-22)13-21(20)17-7-4-2-3-5-8-17/h7,10-16H,3-6,8-9H2,1-2H3;6,9-14,17,22H,2-5,7-8,15H2,1H3. The Bertz CT molecular complexity index is 1610. The van der Waals surface area contributed by atoms with Crippen molar-refractivity contribution in [2.45, 2.75) is 95.5 Å². The number of rotatable bonds is 8. The summed E-state index contributed by atoms with van der Waals surface area (Å²) in [4.78, 5) is 12.0. The van der Waals surface area contributed by atoms with E-state index in [-0.39, 0.29) is 12.6 Å². The molecule has 4 aromatic rings. The molecular weight excluding hydrogens is 596 g/mol. The predicted molar refractivity (Wildman–Crippen MR) is 195 cm³/mol. The molecule has 0 aliphatic heterocycles. The third kappa shape index (κ3) is 9.08. The van der Waals surface area contributed by atoms with Gasteiger partial charge in [0.2, 0.25) is 0 Å². The zero-order valence-corrected chi connectivity index (χ0v) is 29.0. The molecule has 5 heteroatoms. The van der Waals surface area contributed by atoms with E-state index in [1.165, 1.54) is 112 Å². The summed E-state index contributed by atoms with van der Waals surface area (Å²) >= 11 is 0. The van der Waals surface area contributed by atoms with Crippen LogP contribution in [0, 0.1) is 0 Å².